The highest BCUT2D eigenvalue weighted by Gasteiger charge is 2.12. The number of hydrogen-bond donors (Lipinski definition) is 2. The van der Waals surface area contributed by atoms with Crippen LogP contribution in [0, 0.1) is 0 Å². The SMILES string of the molecule is C/C(=C/C(N)=O)NCCc1ccc2c(c1)OCO2. The monoisotopic (exact) mass is 248 g/mol. The number of nitrogens with two attached hydrogens (primary N) is 1. The summed E-state index contributed by atoms with van der Waals surface area (Å²) in [4.78, 5) is 10.6. The second kappa shape index (κ2) is 5.44. The number of rotatable bonds is 5. The molecule has 0 fully saturated rings. The predicted molar refractivity (Wildman–Crippen MR) is 67.2 cm³/mol. The highest BCUT2D eigenvalue weighted by atomic mass is 16.7. The molecule has 5 heteroatoms. The van der Waals surface area contributed by atoms with Gasteiger partial charge < -0.3 is 20.5 Å². The molecule has 0 atom stereocenters. The van der Waals surface area contributed by atoms with Crippen molar-refractivity contribution in [1.29, 1.82) is 0 Å². The Morgan fingerprint density at radius 2 is 2.22 bits per heavy atom. The molecule has 0 unspecified atom stereocenters. The molecule has 0 radical (unpaired) electrons. The van der Waals surface area contributed by atoms with Gasteiger partial charge in [0.1, 0.15) is 0 Å². The Bertz CT molecular complexity index is 483. The van der Waals surface area contributed by atoms with Crippen LogP contribution in [0.3, 0.4) is 0 Å². The summed E-state index contributed by atoms with van der Waals surface area (Å²) in [5.41, 5.74) is 6.97. The fourth-order valence-electron chi connectivity index (χ4n) is 1.76. The first-order valence-electron chi connectivity index (χ1n) is 5.75. The third-order valence-corrected chi connectivity index (χ3v) is 2.61. The molecule has 0 aliphatic carbocycles. The van der Waals surface area contributed by atoms with Gasteiger partial charge in [-0.2, -0.15) is 0 Å². The summed E-state index contributed by atoms with van der Waals surface area (Å²) in [6, 6.07) is 5.88. The largest absolute Gasteiger partial charge is 0.454 e. The molecule has 0 bridgehead atoms. The third kappa shape index (κ3) is 3.16. The third-order valence-electron chi connectivity index (χ3n) is 2.61. The lowest BCUT2D eigenvalue weighted by Gasteiger charge is -2.06. The fraction of sp³-hybridized carbons (Fsp3) is 0.308. The lowest BCUT2D eigenvalue weighted by atomic mass is 10.1. The van der Waals surface area contributed by atoms with Crippen LogP contribution in [0.25, 0.3) is 0 Å². The smallest absolute Gasteiger partial charge is 0.243 e. The summed E-state index contributed by atoms with van der Waals surface area (Å²) in [5, 5.41) is 3.12. The minimum Gasteiger partial charge on any atom is -0.454 e. The van der Waals surface area contributed by atoms with Crippen molar-refractivity contribution in [2.24, 2.45) is 5.73 Å². The van der Waals surface area contributed by atoms with Crippen molar-refractivity contribution in [2.75, 3.05) is 13.3 Å². The highest BCUT2D eigenvalue weighted by Crippen LogP contribution is 2.32. The predicted octanol–water partition coefficient (Wildman–Crippen LogP) is 0.936. The van der Waals surface area contributed by atoms with Crippen LogP contribution in [-0.2, 0) is 11.2 Å². The molecular weight excluding hydrogens is 232 g/mol. The topological polar surface area (TPSA) is 73.6 Å². The molecular formula is C13H16N2O3. The van der Waals surface area contributed by atoms with Crippen molar-refractivity contribution < 1.29 is 14.3 Å². The molecule has 1 aliphatic heterocycles. The molecule has 1 aliphatic rings. The van der Waals surface area contributed by atoms with Crippen LogP contribution in [0.2, 0.25) is 0 Å². The van der Waals surface area contributed by atoms with Gasteiger partial charge in [-0.25, -0.2) is 0 Å². The van der Waals surface area contributed by atoms with Gasteiger partial charge in [0.25, 0.3) is 0 Å². The van der Waals surface area contributed by atoms with E-state index in [4.69, 9.17) is 15.2 Å². The number of ether oxygens (including phenoxy) is 2. The Hall–Kier alpha value is -2.17. The van der Waals surface area contributed by atoms with E-state index in [-0.39, 0.29) is 6.79 Å². The molecule has 18 heavy (non-hydrogen) atoms. The molecule has 96 valence electrons. The van der Waals surface area contributed by atoms with Crippen LogP contribution >= 0.6 is 0 Å². The molecule has 1 aromatic rings. The lowest BCUT2D eigenvalue weighted by Crippen LogP contribution is -2.17. The van der Waals surface area contributed by atoms with Gasteiger partial charge in [-0.15, -0.1) is 0 Å². The van der Waals surface area contributed by atoms with Gasteiger partial charge in [-0.05, 0) is 31.0 Å². The molecule has 1 heterocycles. The number of nitrogens with one attached hydrogen (secondary N) is 1. The van der Waals surface area contributed by atoms with Crippen LogP contribution in [0.4, 0.5) is 0 Å². The quantitative estimate of drug-likeness (QED) is 0.760. The van der Waals surface area contributed by atoms with E-state index in [1.54, 1.807) is 0 Å². The van der Waals surface area contributed by atoms with Crippen LogP contribution in [0.1, 0.15) is 12.5 Å². The van der Waals surface area contributed by atoms with Crippen molar-refractivity contribution >= 4 is 5.91 Å². The minimum absolute atomic E-state index is 0.289. The average molecular weight is 248 g/mol. The van der Waals surface area contributed by atoms with Crippen LogP contribution in [0.5, 0.6) is 11.5 Å². The number of benzene rings is 1. The van der Waals surface area contributed by atoms with E-state index in [1.807, 2.05) is 25.1 Å². The van der Waals surface area contributed by atoms with E-state index in [0.29, 0.717) is 0 Å². The zero-order chi connectivity index (χ0) is 13.0. The number of allylic oxidation sites excluding steroid dienone is 1. The first-order valence-corrected chi connectivity index (χ1v) is 5.75. The van der Waals surface area contributed by atoms with Gasteiger partial charge in [0.15, 0.2) is 11.5 Å². The Balaban J connectivity index is 1.86. The van der Waals surface area contributed by atoms with Crippen LogP contribution < -0.4 is 20.5 Å². The molecule has 5 nitrogen and oxygen atoms in total. The normalized spacial score (nSPS) is 13.5. The number of carbonyl (C=O) groups is 1. The van der Waals surface area contributed by atoms with Gasteiger partial charge in [-0.3, -0.25) is 4.79 Å². The van der Waals surface area contributed by atoms with Gasteiger partial charge in [0.05, 0.1) is 0 Å². The fourth-order valence-corrected chi connectivity index (χ4v) is 1.76. The standard InChI is InChI=1S/C13H16N2O3/c1-9(6-13(14)16)15-5-4-10-2-3-11-12(7-10)18-8-17-11/h2-3,6-7,15H,4-5,8H2,1H3,(H2,14,16)/b9-6-. The van der Waals surface area contributed by atoms with Crippen molar-refractivity contribution in [1.82, 2.24) is 5.32 Å². The Labute approximate surface area is 106 Å². The van der Waals surface area contributed by atoms with Crippen molar-refractivity contribution in [3.63, 3.8) is 0 Å². The molecule has 3 N–H and O–H groups in total. The van der Waals surface area contributed by atoms with Gasteiger partial charge in [0.2, 0.25) is 12.7 Å². The Morgan fingerprint density at radius 1 is 1.44 bits per heavy atom. The zero-order valence-corrected chi connectivity index (χ0v) is 10.2. The molecule has 2 rings (SSSR count). The van der Waals surface area contributed by atoms with Crippen molar-refractivity contribution in [3.8, 4) is 11.5 Å². The summed E-state index contributed by atoms with van der Waals surface area (Å²) in [5.74, 6) is 1.14. The Morgan fingerprint density at radius 3 is 3.00 bits per heavy atom. The number of hydrogen-bond acceptors (Lipinski definition) is 4. The van der Waals surface area contributed by atoms with Gasteiger partial charge in [0, 0.05) is 18.3 Å². The molecule has 0 aromatic heterocycles. The summed E-state index contributed by atoms with van der Waals surface area (Å²) in [6.07, 6.45) is 2.21. The number of fused-ring (bicyclic) bond motifs is 1. The number of amides is 1. The van der Waals surface area contributed by atoms with Crippen LogP contribution in [0.15, 0.2) is 30.0 Å². The van der Waals surface area contributed by atoms with E-state index >= 15 is 0 Å². The zero-order valence-electron chi connectivity index (χ0n) is 10.2. The molecule has 1 aromatic carbocycles. The average Bonchev–Trinajstić information content (AvgIpc) is 2.75. The lowest BCUT2D eigenvalue weighted by molar-refractivity contribution is -0.113. The number of primary amides is 1. The van der Waals surface area contributed by atoms with Gasteiger partial charge >= 0.3 is 0 Å². The maximum atomic E-state index is 10.6. The minimum atomic E-state index is -0.442. The molecule has 1 amide bonds. The van der Waals surface area contributed by atoms with E-state index in [1.165, 1.54) is 6.08 Å². The summed E-state index contributed by atoms with van der Waals surface area (Å²) >= 11 is 0. The van der Waals surface area contributed by atoms with Gasteiger partial charge in [-0.1, -0.05) is 6.07 Å². The van der Waals surface area contributed by atoms with E-state index in [9.17, 15) is 4.79 Å². The van der Waals surface area contributed by atoms with Crippen LogP contribution in [-0.4, -0.2) is 19.2 Å². The summed E-state index contributed by atoms with van der Waals surface area (Å²) in [7, 11) is 0. The molecule has 0 saturated carbocycles. The maximum absolute atomic E-state index is 10.6. The number of carbonyl (C=O) groups excluding carboxylic acids is 1. The summed E-state index contributed by atoms with van der Waals surface area (Å²) < 4.78 is 10.5. The van der Waals surface area contributed by atoms with E-state index in [0.717, 1.165) is 35.7 Å². The first-order chi connectivity index (χ1) is 8.65. The van der Waals surface area contributed by atoms with Crippen molar-refractivity contribution in [2.45, 2.75) is 13.3 Å². The molecule has 0 saturated heterocycles. The Kier molecular flexibility index (Phi) is 3.72. The molecule has 0 spiro atoms. The second-order valence-corrected chi connectivity index (χ2v) is 4.09. The van der Waals surface area contributed by atoms with E-state index in [2.05, 4.69) is 5.32 Å². The van der Waals surface area contributed by atoms with Crippen molar-refractivity contribution in [3.05, 3.63) is 35.5 Å². The second-order valence-electron chi connectivity index (χ2n) is 4.09. The first kappa shape index (κ1) is 12.3. The maximum Gasteiger partial charge on any atom is 0.243 e. The van der Waals surface area contributed by atoms with E-state index < -0.39 is 5.91 Å². The highest BCUT2D eigenvalue weighted by molar-refractivity contribution is 5.86. The summed E-state index contributed by atoms with van der Waals surface area (Å²) in [6.45, 7) is 2.83.